The van der Waals surface area contributed by atoms with Crippen LogP contribution in [0.3, 0.4) is 0 Å². The largest absolute Gasteiger partial charge is 0.491 e. The first-order valence-electron chi connectivity index (χ1n) is 14.3. The van der Waals surface area contributed by atoms with Gasteiger partial charge in [0.2, 0.25) is 13.6 Å². The summed E-state index contributed by atoms with van der Waals surface area (Å²) in [5.74, 6) is -2.21. The van der Waals surface area contributed by atoms with Crippen LogP contribution >= 0.6 is 0 Å². The number of rotatable bonds is 18. The first kappa shape index (κ1) is 34.5. The van der Waals surface area contributed by atoms with Crippen molar-refractivity contribution in [1.82, 2.24) is 15.0 Å². The highest BCUT2D eigenvalue weighted by Gasteiger charge is 2.17. The number of aromatic nitrogens is 3. The van der Waals surface area contributed by atoms with E-state index in [1.807, 2.05) is 13.8 Å². The average Bonchev–Trinajstić information content (AvgIpc) is 3.05. The fourth-order valence-corrected chi connectivity index (χ4v) is 3.62. The molecule has 0 spiro atoms. The van der Waals surface area contributed by atoms with Gasteiger partial charge < -0.3 is 33.5 Å². The molecule has 0 atom stereocenters. The molecule has 0 bridgehead atoms. The summed E-state index contributed by atoms with van der Waals surface area (Å²) in [7, 11) is 0. The second kappa shape index (κ2) is 18.7. The molecule has 0 aromatic carbocycles. The molecule has 0 aliphatic heterocycles. The van der Waals surface area contributed by atoms with Crippen molar-refractivity contribution >= 4 is 23.9 Å². The zero-order valence-electron chi connectivity index (χ0n) is 25.1. The van der Waals surface area contributed by atoms with Gasteiger partial charge in [0.25, 0.3) is 0 Å². The number of hydrogen-bond donors (Lipinski definition) is 1. The number of carbonyl (C=O) groups excluding carboxylic acids is 4. The molecule has 0 unspecified atom stereocenters. The van der Waals surface area contributed by atoms with Crippen molar-refractivity contribution in [3.05, 3.63) is 59.9 Å². The topological polar surface area (TPSA) is 183 Å². The number of hydrogen-bond acceptors (Lipinski definition) is 14. The van der Waals surface area contributed by atoms with Gasteiger partial charge in [-0.1, -0.05) is 26.0 Å². The van der Waals surface area contributed by atoms with E-state index in [0.29, 0.717) is 41.4 Å². The van der Waals surface area contributed by atoms with Crippen LogP contribution in [0.1, 0.15) is 60.5 Å². The van der Waals surface area contributed by atoms with Crippen molar-refractivity contribution in [1.29, 1.82) is 0 Å². The van der Waals surface area contributed by atoms with Gasteiger partial charge in [-0.15, -0.1) is 0 Å². The number of nitrogens with zero attached hydrogens (tertiary/aromatic N) is 3. The summed E-state index contributed by atoms with van der Waals surface area (Å²) in [6, 6.07) is 12.5. The van der Waals surface area contributed by atoms with E-state index in [-0.39, 0.29) is 50.7 Å². The van der Waals surface area contributed by atoms with Crippen molar-refractivity contribution in [2.75, 3.05) is 40.0 Å². The van der Waals surface area contributed by atoms with Gasteiger partial charge in [-0.25, -0.2) is 24.5 Å². The normalized spacial score (nSPS) is 10.6. The minimum absolute atomic E-state index is 0.0476. The van der Waals surface area contributed by atoms with Crippen LogP contribution in [0, 0.1) is 0 Å². The lowest BCUT2D eigenvalue weighted by molar-refractivity contribution is -0.153. The van der Waals surface area contributed by atoms with Gasteiger partial charge in [0, 0.05) is 25.0 Å². The van der Waals surface area contributed by atoms with E-state index in [1.165, 1.54) is 12.1 Å². The van der Waals surface area contributed by atoms with E-state index in [2.05, 4.69) is 15.0 Å². The molecular formula is C31H35N3O11. The first-order chi connectivity index (χ1) is 21.8. The molecule has 3 aromatic rings. The summed E-state index contributed by atoms with van der Waals surface area (Å²) in [4.78, 5) is 61.6. The predicted octanol–water partition coefficient (Wildman–Crippen LogP) is 3.51. The van der Waals surface area contributed by atoms with Crippen molar-refractivity contribution in [3.63, 3.8) is 0 Å². The number of carbonyl (C=O) groups is 4. The monoisotopic (exact) mass is 625 g/mol. The van der Waals surface area contributed by atoms with Crippen LogP contribution in [-0.4, -0.2) is 83.9 Å². The Kier molecular flexibility index (Phi) is 14.3. The molecule has 0 radical (unpaired) electrons. The molecule has 14 heteroatoms. The molecule has 3 aromatic heterocycles. The zero-order valence-corrected chi connectivity index (χ0v) is 25.1. The lowest BCUT2D eigenvalue weighted by Crippen LogP contribution is -2.14. The zero-order chi connectivity index (χ0) is 32.4. The molecule has 3 heterocycles. The maximum atomic E-state index is 12.6. The highest BCUT2D eigenvalue weighted by molar-refractivity contribution is 5.88. The molecule has 0 aliphatic carbocycles. The summed E-state index contributed by atoms with van der Waals surface area (Å²) in [5, 5.41) is 8.92. The lowest BCUT2D eigenvalue weighted by Gasteiger charge is -2.12. The minimum Gasteiger partial charge on any atom is -0.491 e. The van der Waals surface area contributed by atoms with E-state index in [9.17, 15) is 19.2 Å². The number of esters is 4. The van der Waals surface area contributed by atoms with E-state index in [4.69, 9.17) is 33.5 Å². The molecule has 0 amide bonds. The minimum atomic E-state index is -0.803. The molecular weight excluding hydrogens is 590 g/mol. The average molecular weight is 626 g/mol. The van der Waals surface area contributed by atoms with E-state index < -0.39 is 37.5 Å². The Morgan fingerprint density at radius 2 is 1.16 bits per heavy atom. The summed E-state index contributed by atoms with van der Waals surface area (Å²) in [5.41, 5.74) is 1.10. The third-order valence-electron chi connectivity index (χ3n) is 5.70. The maximum Gasteiger partial charge on any atom is 0.359 e. The Balaban J connectivity index is 1.84. The summed E-state index contributed by atoms with van der Waals surface area (Å²) < 4.78 is 30.9. The van der Waals surface area contributed by atoms with Gasteiger partial charge in [0.05, 0.1) is 42.6 Å². The predicted molar refractivity (Wildman–Crippen MR) is 157 cm³/mol. The van der Waals surface area contributed by atoms with Gasteiger partial charge in [-0.05, 0) is 37.1 Å². The molecule has 0 fully saturated rings. The van der Waals surface area contributed by atoms with Crippen LogP contribution in [0.2, 0.25) is 0 Å². The fraction of sp³-hybridized carbons (Fsp3) is 0.387. The highest BCUT2D eigenvalue weighted by atomic mass is 16.7. The number of ether oxygens (including phenoxy) is 6. The summed E-state index contributed by atoms with van der Waals surface area (Å²) in [6.07, 6.45) is 1.62. The molecule has 1 N–H and O–H groups in total. The molecule has 0 aliphatic rings. The van der Waals surface area contributed by atoms with Gasteiger partial charge in [0.1, 0.15) is 23.7 Å². The van der Waals surface area contributed by atoms with Crippen LogP contribution in [0.15, 0.2) is 48.5 Å². The fourth-order valence-electron chi connectivity index (χ4n) is 3.62. The Hall–Kier alpha value is -4.95. The number of aliphatic hydroxyl groups is 1. The molecule has 14 nitrogen and oxygen atoms in total. The van der Waals surface area contributed by atoms with Crippen molar-refractivity contribution in [2.24, 2.45) is 0 Å². The van der Waals surface area contributed by atoms with Crippen LogP contribution < -0.4 is 4.74 Å². The van der Waals surface area contributed by atoms with Gasteiger partial charge in [-0.3, -0.25) is 9.59 Å². The van der Waals surface area contributed by atoms with Crippen LogP contribution in [0.25, 0.3) is 22.8 Å². The van der Waals surface area contributed by atoms with Gasteiger partial charge in [-0.2, -0.15) is 0 Å². The van der Waals surface area contributed by atoms with Crippen LogP contribution in [-0.2, 0) is 33.3 Å². The van der Waals surface area contributed by atoms with E-state index >= 15 is 0 Å². The van der Waals surface area contributed by atoms with Crippen molar-refractivity contribution < 1.29 is 52.7 Å². The van der Waals surface area contributed by atoms with Crippen molar-refractivity contribution in [3.8, 4) is 28.5 Å². The summed E-state index contributed by atoms with van der Waals surface area (Å²) >= 11 is 0. The molecule has 0 saturated carbocycles. The second-order valence-corrected chi connectivity index (χ2v) is 9.21. The van der Waals surface area contributed by atoms with Crippen molar-refractivity contribution in [2.45, 2.75) is 39.5 Å². The van der Waals surface area contributed by atoms with Gasteiger partial charge in [0.15, 0.2) is 0 Å². The molecule has 45 heavy (non-hydrogen) atoms. The molecule has 240 valence electrons. The summed E-state index contributed by atoms with van der Waals surface area (Å²) in [6.45, 7) is 2.95. The van der Waals surface area contributed by atoms with E-state index in [0.717, 1.165) is 0 Å². The Morgan fingerprint density at radius 3 is 1.62 bits per heavy atom. The first-order valence-corrected chi connectivity index (χ1v) is 14.3. The molecule has 3 rings (SSSR count). The third-order valence-corrected chi connectivity index (χ3v) is 5.70. The Labute approximate surface area is 259 Å². The number of aliphatic hydroxyl groups excluding tert-OH is 1. The Bertz CT molecular complexity index is 1350. The third kappa shape index (κ3) is 11.6. The lowest BCUT2D eigenvalue weighted by atomic mass is 10.1. The maximum absolute atomic E-state index is 12.6. The van der Waals surface area contributed by atoms with E-state index in [1.54, 1.807) is 36.4 Å². The SMILES string of the molecule is CCCC(=O)OCOC(=O)c1cccc(-c2cc(OCCOCCO)cc(-c3cccc(C(=O)OCOC(=O)CCC)n3)n2)n1. The number of pyridine rings is 3. The van der Waals surface area contributed by atoms with Crippen LogP contribution in [0.4, 0.5) is 0 Å². The standard InChI is InChI=1S/C31H35N3O11/c1-3-7-28(36)42-19-44-30(38)24-11-5-9-22(32-24)26-17-21(41-16-15-40-14-13-35)18-27(34-26)23-10-6-12-25(33-23)31(39)45-20-43-29(37)8-4-2/h5-6,9-12,17-18,35H,3-4,7-8,13-16,19-20H2,1-2H3. The smallest absolute Gasteiger partial charge is 0.359 e. The van der Waals surface area contributed by atoms with Gasteiger partial charge >= 0.3 is 23.9 Å². The van der Waals surface area contributed by atoms with Crippen LogP contribution in [0.5, 0.6) is 5.75 Å². The Morgan fingerprint density at radius 1 is 0.644 bits per heavy atom. The second-order valence-electron chi connectivity index (χ2n) is 9.21. The quantitative estimate of drug-likeness (QED) is 0.123. The molecule has 0 saturated heterocycles. The highest BCUT2D eigenvalue weighted by Crippen LogP contribution is 2.27.